The van der Waals surface area contributed by atoms with Crippen molar-refractivity contribution in [2.75, 3.05) is 0 Å². The first kappa shape index (κ1) is 9.00. The summed E-state index contributed by atoms with van der Waals surface area (Å²) in [4.78, 5) is 0. The average Bonchev–Trinajstić information content (AvgIpc) is 2.19. The number of hydrogen-bond donors (Lipinski definition) is 0. The van der Waals surface area contributed by atoms with Gasteiger partial charge < -0.3 is 0 Å². The Morgan fingerprint density at radius 2 is 1.78 bits per heavy atom. The molecule has 0 heteroatoms. The fraction of sp³-hybridized carbons (Fsp3) is 1.00. The van der Waals surface area contributed by atoms with Crippen LogP contribution in [0.5, 0.6) is 0 Å². The zero-order chi connectivity index (χ0) is 5.82. The quantitative estimate of drug-likeness (QED) is 0.533. The van der Waals surface area contributed by atoms with Crippen LogP contribution < -0.4 is 0 Å². The summed E-state index contributed by atoms with van der Waals surface area (Å²) in [6, 6.07) is 0. The molecule has 0 aromatic rings. The van der Waals surface area contributed by atoms with Gasteiger partial charge in [-0.05, 0) is 5.92 Å². The van der Waals surface area contributed by atoms with Gasteiger partial charge in [0.2, 0.25) is 0 Å². The summed E-state index contributed by atoms with van der Waals surface area (Å²) in [6.45, 7) is 2.29. The zero-order valence-corrected chi connectivity index (χ0v) is 5.82. The van der Waals surface area contributed by atoms with Crippen molar-refractivity contribution in [1.82, 2.24) is 0 Å². The molecular formula is C9H20. The Kier molecular flexibility index (Phi) is 4.84. The van der Waals surface area contributed by atoms with Crippen molar-refractivity contribution in [1.29, 1.82) is 0 Å². The standard InChI is InChI=1S/C8H16.CH4/c1-2-5-8-6-3-4-7-8;/h8H,2-7H2,1H3;1H4. The Balaban J connectivity index is 0.000000640. The Hall–Kier alpha value is 0. The molecule has 1 saturated carbocycles. The first-order valence-electron chi connectivity index (χ1n) is 3.93. The van der Waals surface area contributed by atoms with Crippen molar-refractivity contribution >= 4 is 0 Å². The van der Waals surface area contributed by atoms with Gasteiger partial charge in [-0.15, -0.1) is 0 Å². The molecule has 0 amide bonds. The zero-order valence-electron chi connectivity index (χ0n) is 5.82. The largest absolute Gasteiger partial charge is 0.0776 e. The predicted octanol–water partition coefficient (Wildman–Crippen LogP) is 3.61. The molecule has 0 saturated heterocycles. The van der Waals surface area contributed by atoms with Crippen LogP contribution in [0.2, 0.25) is 0 Å². The third kappa shape index (κ3) is 2.88. The highest BCUT2D eigenvalue weighted by atomic mass is 14.2. The van der Waals surface area contributed by atoms with Crippen molar-refractivity contribution in [3.05, 3.63) is 0 Å². The molecule has 0 atom stereocenters. The van der Waals surface area contributed by atoms with Gasteiger partial charge in [-0.2, -0.15) is 0 Å². The van der Waals surface area contributed by atoms with E-state index in [2.05, 4.69) is 6.92 Å². The molecule has 1 rings (SSSR count). The third-order valence-corrected chi connectivity index (χ3v) is 2.17. The van der Waals surface area contributed by atoms with Gasteiger partial charge in [0.05, 0.1) is 0 Å². The van der Waals surface area contributed by atoms with E-state index in [4.69, 9.17) is 0 Å². The van der Waals surface area contributed by atoms with Crippen molar-refractivity contribution in [3.63, 3.8) is 0 Å². The van der Waals surface area contributed by atoms with Gasteiger partial charge in [0.25, 0.3) is 0 Å². The molecule has 0 spiro atoms. The van der Waals surface area contributed by atoms with Crippen molar-refractivity contribution in [2.24, 2.45) is 5.92 Å². The number of hydrogen-bond acceptors (Lipinski definition) is 0. The van der Waals surface area contributed by atoms with E-state index in [0.717, 1.165) is 5.92 Å². The summed E-state index contributed by atoms with van der Waals surface area (Å²) in [7, 11) is 0. The van der Waals surface area contributed by atoms with E-state index >= 15 is 0 Å². The van der Waals surface area contributed by atoms with E-state index in [9.17, 15) is 0 Å². The lowest BCUT2D eigenvalue weighted by Crippen LogP contribution is -1.89. The minimum atomic E-state index is 0. The lowest BCUT2D eigenvalue weighted by atomic mass is 10.0. The minimum absolute atomic E-state index is 0. The highest BCUT2D eigenvalue weighted by molar-refractivity contribution is 4.65. The van der Waals surface area contributed by atoms with Gasteiger partial charge in [0.1, 0.15) is 0 Å². The van der Waals surface area contributed by atoms with Crippen molar-refractivity contribution < 1.29 is 0 Å². The Morgan fingerprint density at radius 3 is 2.22 bits per heavy atom. The van der Waals surface area contributed by atoms with Gasteiger partial charge in [0, 0.05) is 0 Å². The maximum Gasteiger partial charge on any atom is -0.0414 e. The second-order valence-corrected chi connectivity index (χ2v) is 2.94. The molecule has 0 aliphatic heterocycles. The molecule has 0 unspecified atom stereocenters. The molecule has 0 heterocycles. The van der Waals surface area contributed by atoms with Gasteiger partial charge in [0.15, 0.2) is 0 Å². The minimum Gasteiger partial charge on any atom is -0.0776 e. The molecule has 0 bridgehead atoms. The normalized spacial score (nSPS) is 19.7. The first-order chi connectivity index (χ1) is 3.93. The fourth-order valence-corrected chi connectivity index (χ4v) is 1.71. The van der Waals surface area contributed by atoms with Crippen LogP contribution in [0.1, 0.15) is 52.9 Å². The molecule has 1 aliphatic rings. The molecule has 0 aromatic carbocycles. The van der Waals surface area contributed by atoms with Crippen molar-refractivity contribution in [3.8, 4) is 0 Å². The Bertz CT molecular complexity index is 51.1. The molecule has 0 nitrogen and oxygen atoms in total. The molecule has 0 N–H and O–H groups in total. The second kappa shape index (κ2) is 4.84. The summed E-state index contributed by atoms with van der Waals surface area (Å²) >= 11 is 0. The lowest BCUT2D eigenvalue weighted by Gasteiger charge is -2.03. The van der Waals surface area contributed by atoms with Crippen molar-refractivity contribution in [2.45, 2.75) is 52.9 Å². The maximum absolute atomic E-state index is 2.29. The topological polar surface area (TPSA) is 0 Å². The van der Waals surface area contributed by atoms with Crippen LogP contribution in [0.15, 0.2) is 0 Å². The van der Waals surface area contributed by atoms with Crippen LogP contribution in [-0.4, -0.2) is 0 Å². The van der Waals surface area contributed by atoms with Gasteiger partial charge in [-0.3, -0.25) is 0 Å². The lowest BCUT2D eigenvalue weighted by molar-refractivity contribution is 0.496. The highest BCUT2D eigenvalue weighted by Gasteiger charge is 2.12. The summed E-state index contributed by atoms with van der Waals surface area (Å²) < 4.78 is 0. The van der Waals surface area contributed by atoms with Crippen LogP contribution >= 0.6 is 0 Å². The molecule has 0 aromatic heterocycles. The second-order valence-electron chi connectivity index (χ2n) is 2.94. The summed E-state index contributed by atoms with van der Waals surface area (Å²) in [5.74, 6) is 1.11. The molecule has 1 fully saturated rings. The van der Waals surface area contributed by atoms with E-state index in [1.807, 2.05) is 0 Å². The summed E-state index contributed by atoms with van der Waals surface area (Å²) in [5, 5.41) is 0. The molecule has 1 aliphatic carbocycles. The van der Waals surface area contributed by atoms with Crippen LogP contribution in [-0.2, 0) is 0 Å². The Labute approximate surface area is 59.7 Å². The van der Waals surface area contributed by atoms with Crippen LogP contribution in [0.4, 0.5) is 0 Å². The van der Waals surface area contributed by atoms with E-state index in [1.165, 1.54) is 38.5 Å². The summed E-state index contributed by atoms with van der Waals surface area (Å²) in [5.41, 5.74) is 0. The third-order valence-electron chi connectivity index (χ3n) is 2.17. The van der Waals surface area contributed by atoms with Crippen LogP contribution in [0, 0.1) is 5.92 Å². The highest BCUT2D eigenvalue weighted by Crippen LogP contribution is 2.27. The van der Waals surface area contributed by atoms with Crippen LogP contribution in [0.3, 0.4) is 0 Å². The Morgan fingerprint density at radius 1 is 1.22 bits per heavy atom. The predicted molar refractivity (Wildman–Crippen MR) is 43.6 cm³/mol. The monoisotopic (exact) mass is 128 g/mol. The van der Waals surface area contributed by atoms with E-state index in [0.29, 0.717) is 0 Å². The smallest absolute Gasteiger partial charge is 0.0414 e. The summed E-state index contributed by atoms with van der Waals surface area (Å²) in [6.07, 6.45) is 8.93. The first-order valence-corrected chi connectivity index (χ1v) is 3.93. The molecule has 0 radical (unpaired) electrons. The van der Waals surface area contributed by atoms with E-state index < -0.39 is 0 Å². The SMILES string of the molecule is C.CCCC1CCCC1. The van der Waals surface area contributed by atoms with Gasteiger partial charge in [-0.25, -0.2) is 0 Å². The van der Waals surface area contributed by atoms with Gasteiger partial charge in [-0.1, -0.05) is 52.9 Å². The maximum atomic E-state index is 2.29. The molecule has 9 heavy (non-hydrogen) atoms. The van der Waals surface area contributed by atoms with Gasteiger partial charge >= 0.3 is 0 Å². The molecule has 56 valence electrons. The van der Waals surface area contributed by atoms with E-state index in [-0.39, 0.29) is 7.43 Å². The average molecular weight is 128 g/mol. The number of rotatable bonds is 2. The fourth-order valence-electron chi connectivity index (χ4n) is 1.71. The van der Waals surface area contributed by atoms with E-state index in [1.54, 1.807) is 0 Å². The molecular weight excluding hydrogens is 108 g/mol. The van der Waals surface area contributed by atoms with Crippen LogP contribution in [0.25, 0.3) is 0 Å².